The van der Waals surface area contributed by atoms with Gasteiger partial charge in [0.2, 0.25) is 0 Å². The number of nitrogens with one attached hydrogen (secondary N) is 1. The zero-order valence-corrected chi connectivity index (χ0v) is 18.4. The molecule has 1 N–H and O–H groups in total. The first kappa shape index (κ1) is 21.1. The first-order valence-corrected chi connectivity index (χ1v) is 10.6. The smallest absolute Gasteiger partial charge is 0.348 e. The third-order valence-electron chi connectivity index (χ3n) is 5.76. The van der Waals surface area contributed by atoms with E-state index in [0.29, 0.717) is 12.2 Å². The summed E-state index contributed by atoms with van der Waals surface area (Å²) in [5.74, 6) is 6.71. The first-order chi connectivity index (χ1) is 15.1. The van der Waals surface area contributed by atoms with Crippen molar-refractivity contribution in [2.24, 2.45) is 0 Å². The lowest BCUT2D eigenvalue weighted by molar-refractivity contribution is 0.0342. The van der Waals surface area contributed by atoms with Gasteiger partial charge in [-0.15, -0.1) is 5.92 Å². The van der Waals surface area contributed by atoms with Gasteiger partial charge in [0.05, 0.1) is 18.9 Å². The highest BCUT2D eigenvalue weighted by atomic mass is 16.5. The molecule has 0 atom stereocenters. The average Bonchev–Trinajstić information content (AvgIpc) is 3.15. The summed E-state index contributed by atoms with van der Waals surface area (Å²) in [6.45, 7) is 10.3. The molecule has 0 amide bonds. The molecular weight excluding hydrogens is 388 g/mol. The summed E-state index contributed by atoms with van der Waals surface area (Å²) in [4.78, 5) is 15.0. The molecule has 1 aliphatic rings. The third-order valence-corrected chi connectivity index (χ3v) is 5.76. The number of aryl methyl sites for hydroxylation is 2. The topological polar surface area (TPSA) is 63.2 Å². The van der Waals surface area contributed by atoms with Gasteiger partial charge in [-0.1, -0.05) is 24.1 Å². The van der Waals surface area contributed by atoms with Gasteiger partial charge in [0.15, 0.2) is 5.82 Å². The first-order valence-electron chi connectivity index (χ1n) is 10.6. The number of rotatable bonds is 5. The van der Waals surface area contributed by atoms with E-state index in [2.05, 4.69) is 58.1 Å². The Bertz CT molecular complexity index is 1170. The fourth-order valence-electron chi connectivity index (χ4n) is 4.00. The monoisotopic (exact) mass is 416 g/mol. The molecule has 2 heterocycles. The van der Waals surface area contributed by atoms with E-state index in [1.54, 1.807) is 4.57 Å². The standard InChI is InChI=1S/C25H28N4O2/c1-4-5-6-21-16-23(19(3)15-18(21)2)24-26-27-25(30)29(24)22-9-7-20(8-10-22)17-28-11-13-31-14-12-28/h7-10,15-16H,6,11-14,17H2,1-3H3,(H,27,30). The fourth-order valence-corrected chi connectivity index (χ4v) is 4.00. The molecule has 3 aromatic rings. The van der Waals surface area contributed by atoms with Crippen molar-refractivity contribution in [3.05, 3.63) is 69.1 Å². The van der Waals surface area contributed by atoms with E-state index in [9.17, 15) is 4.79 Å². The van der Waals surface area contributed by atoms with Crippen LogP contribution in [0.4, 0.5) is 0 Å². The molecule has 0 spiro atoms. The minimum absolute atomic E-state index is 0.245. The Morgan fingerprint density at radius 2 is 1.84 bits per heavy atom. The minimum atomic E-state index is -0.245. The van der Waals surface area contributed by atoms with E-state index in [1.807, 2.05) is 26.0 Å². The van der Waals surface area contributed by atoms with Gasteiger partial charge in [-0.2, -0.15) is 5.10 Å². The van der Waals surface area contributed by atoms with Crippen LogP contribution in [0.15, 0.2) is 41.2 Å². The van der Waals surface area contributed by atoms with E-state index in [-0.39, 0.29) is 5.69 Å². The maximum atomic E-state index is 12.7. The second-order valence-electron chi connectivity index (χ2n) is 7.94. The van der Waals surface area contributed by atoms with Gasteiger partial charge in [-0.3, -0.25) is 4.90 Å². The van der Waals surface area contributed by atoms with E-state index < -0.39 is 0 Å². The third kappa shape index (κ3) is 4.63. The van der Waals surface area contributed by atoms with Crippen LogP contribution in [0.1, 0.15) is 29.2 Å². The normalized spacial score (nSPS) is 14.3. The highest BCUT2D eigenvalue weighted by molar-refractivity contribution is 5.64. The minimum Gasteiger partial charge on any atom is -0.379 e. The number of hydrogen-bond acceptors (Lipinski definition) is 4. The Kier molecular flexibility index (Phi) is 6.36. The Hall–Kier alpha value is -3.14. The molecule has 160 valence electrons. The summed E-state index contributed by atoms with van der Waals surface area (Å²) < 4.78 is 7.07. The van der Waals surface area contributed by atoms with Crippen molar-refractivity contribution >= 4 is 0 Å². The molecule has 0 bridgehead atoms. The van der Waals surface area contributed by atoms with Crippen molar-refractivity contribution in [1.82, 2.24) is 19.7 Å². The van der Waals surface area contributed by atoms with Crippen LogP contribution in [-0.4, -0.2) is 46.0 Å². The highest BCUT2D eigenvalue weighted by Crippen LogP contribution is 2.26. The maximum absolute atomic E-state index is 12.7. The van der Waals surface area contributed by atoms with Crippen molar-refractivity contribution in [2.45, 2.75) is 33.7 Å². The van der Waals surface area contributed by atoms with Crippen LogP contribution < -0.4 is 5.69 Å². The SMILES string of the molecule is CC#CCc1cc(-c2n[nH]c(=O)n2-c2ccc(CN3CCOCC3)cc2)c(C)cc1C. The van der Waals surface area contributed by atoms with E-state index >= 15 is 0 Å². The van der Waals surface area contributed by atoms with Gasteiger partial charge in [0.25, 0.3) is 0 Å². The van der Waals surface area contributed by atoms with Gasteiger partial charge >= 0.3 is 5.69 Å². The molecule has 0 aliphatic carbocycles. The van der Waals surface area contributed by atoms with Gasteiger partial charge in [-0.05, 0) is 61.2 Å². The molecule has 0 unspecified atom stereocenters. The number of benzene rings is 2. The second kappa shape index (κ2) is 9.34. The number of nitrogens with zero attached hydrogens (tertiary/aromatic N) is 3. The molecule has 1 saturated heterocycles. The molecule has 2 aromatic carbocycles. The van der Waals surface area contributed by atoms with Crippen LogP contribution in [0.25, 0.3) is 17.1 Å². The zero-order valence-electron chi connectivity index (χ0n) is 18.4. The number of morpholine rings is 1. The quantitative estimate of drug-likeness (QED) is 0.649. The molecular formula is C25H28N4O2. The number of ether oxygens (including phenoxy) is 1. The van der Waals surface area contributed by atoms with Crippen LogP contribution in [0.5, 0.6) is 0 Å². The van der Waals surface area contributed by atoms with Gasteiger partial charge in [-0.25, -0.2) is 14.5 Å². The Morgan fingerprint density at radius 1 is 1.10 bits per heavy atom. The molecule has 31 heavy (non-hydrogen) atoms. The predicted octanol–water partition coefficient (Wildman–Crippen LogP) is 3.24. The molecule has 1 fully saturated rings. The largest absolute Gasteiger partial charge is 0.379 e. The van der Waals surface area contributed by atoms with E-state index in [4.69, 9.17) is 4.74 Å². The second-order valence-corrected chi connectivity index (χ2v) is 7.94. The lowest BCUT2D eigenvalue weighted by Crippen LogP contribution is -2.35. The van der Waals surface area contributed by atoms with Gasteiger partial charge in [0, 0.05) is 31.6 Å². The van der Waals surface area contributed by atoms with Gasteiger partial charge < -0.3 is 4.74 Å². The lowest BCUT2D eigenvalue weighted by atomic mass is 9.97. The highest BCUT2D eigenvalue weighted by Gasteiger charge is 2.17. The number of H-pyrrole nitrogens is 1. The molecule has 4 rings (SSSR count). The Balaban J connectivity index is 1.67. The summed E-state index contributed by atoms with van der Waals surface area (Å²) >= 11 is 0. The molecule has 0 radical (unpaired) electrons. The van der Waals surface area contributed by atoms with Crippen molar-refractivity contribution in [3.63, 3.8) is 0 Å². The summed E-state index contributed by atoms with van der Waals surface area (Å²) in [5, 5.41) is 6.98. The number of aromatic amines is 1. The number of aromatic nitrogens is 3. The van der Waals surface area contributed by atoms with E-state index in [1.165, 1.54) is 11.1 Å². The van der Waals surface area contributed by atoms with Crippen molar-refractivity contribution < 1.29 is 4.74 Å². The van der Waals surface area contributed by atoms with Gasteiger partial charge in [0.1, 0.15) is 0 Å². The molecule has 6 heteroatoms. The maximum Gasteiger partial charge on any atom is 0.348 e. The van der Waals surface area contributed by atoms with Crippen LogP contribution >= 0.6 is 0 Å². The summed E-state index contributed by atoms with van der Waals surface area (Å²) in [6, 6.07) is 12.4. The molecule has 0 saturated carbocycles. The summed E-state index contributed by atoms with van der Waals surface area (Å²) in [5.41, 5.74) is 6.14. The molecule has 1 aromatic heterocycles. The molecule has 1 aliphatic heterocycles. The summed E-state index contributed by atoms with van der Waals surface area (Å²) in [6.07, 6.45) is 0.681. The van der Waals surface area contributed by atoms with Crippen LogP contribution in [-0.2, 0) is 17.7 Å². The summed E-state index contributed by atoms with van der Waals surface area (Å²) in [7, 11) is 0. The Morgan fingerprint density at radius 3 is 2.55 bits per heavy atom. The Labute approximate surface area is 182 Å². The van der Waals surface area contributed by atoms with E-state index in [0.717, 1.165) is 55.2 Å². The lowest BCUT2D eigenvalue weighted by Gasteiger charge is -2.26. The zero-order chi connectivity index (χ0) is 21.8. The number of hydrogen-bond donors (Lipinski definition) is 1. The molecule has 6 nitrogen and oxygen atoms in total. The van der Waals surface area contributed by atoms with Crippen LogP contribution in [0, 0.1) is 25.7 Å². The van der Waals surface area contributed by atoms with Crippen LogP contribution in [0.3, 0.4) is 0 Å². The fraction of sp³-hybridized carbons (Fsp3) is 0.360. The van der Waals surface area contributed by atoms with Crippen molar-refractivity contribution in [3.8, 4) is 28.9 Å². The predicted molar refractivity (Wildman–Crippen MR) is 122 cm³/mol. The van der Waals surface area contributed by atoms with Crippen molar-refractivity contribution in [1.29, 1.82) is 0 Å². The average molecular weight is 417 g/mol. The van der Waals surface area contributed by atoms with Crippen molar-refractivity contribution in [2.75, 3.05) is 26.3 Å². The van der Waals surface area contributed by atoms with Crippen LogP contribution in [0.2, 0.25) is 0 Å².